The Hall–Kier alpha value is -0.770. The summed E-state index contributed by atoms with van der Waals surface area (Å²) in [5.74, 6) is 0. The Bertz CT molecular complexity index is 182. The summed E-state index contributed by atoms with van der Waals surface area (Å²) in [6.45, 7) is 6.33. The van der Waals surface area contributed by atoms with E-state index in [1.165, 1.54) is 7.11 Å². The van der Waals surface area contributed by atoms with E-state index in [4.69, 9.17) is 0 Å². The van der Waals surface area contributed by atoms with Crippen molar-refractivity contribution in [1.29, 1.82) is 0 Å². The van der Waals surface area contributed by atoms with Gasteiger partial charge in [-0.05, 0) is 20.3 Å². The summed E-state index contributed by atoms with van der Waals surface area (Å²) < 4.78 is 4.54. The molecule has 4 heteroatoms. The normalized spacial score (nSPS) is 23.5. The minimum Gasteiger partial charge on any atom is -0.453 e. The van der Waals surface area contributed by atoms with Crippen LogP contribution in [-0.2, 0) is 4.74 Å². The summed E-state index contributed by atoms with van der Waals surface area (Å²) in [5.41, 5.74) is 0. The zero-order valence-corrected chi connectivity index (χ0v) is 8.54. The third kappa shape index (κ3) is 2.88. The van der Waals surface area contributed by atoms with Crippen LogP contribution in [0.15, 0.2) is 0 Å². The van der Waals surface area contributed by atoms with Crippen molar-refractivity contribution in [3.8, 4) is 0 Å². The SMILES string of the molecule is COC(=O)N[C@@H]1CCN(C(C)C)C1. The highest BCUT2D eigenvalue weighted by Crippen LogP contribution is 2.12. The number of likely N-dealkylation sites (tertiary alicyclic amines) is 1. The molecule has 1 N–H and O–H groups in total. The van der Waals surface area contributed by atoms with Gasteiger partial charge in [-0.2, -0.15) is 0 Å². The second-order valence-corrected chi connectivity index (χ2v) is 3.71. The molecule has 0 spiro atoms. The third-order valence-corrected chi connectivity index (χ3v) is 2.46. The lowest BCUT2D eigenvalue weighted by Gasteiger charge is -2.20. The van der Waals surface area contributed by atoms with Gasteiger partial charge in [0.25, 0.3) is 0 Å². The molecule has 1 atom stereocenters. The first-order chi connectivity index (χ1) is 6.13. The first-order valence-corrected chi connectivity index (χ1v) is 4.72. The molecule has 0 radical (unpaired) electrons. The van der Waals surface area contributed by atoms with Gasteiger partial charge >= 0.3 is 6.09 Å². The van der Waals surface area contributed by atoms with Gasteiger partial charge in [-0.25, -0.2) is 4.79 Å². The molecule has 1 saturated heterocycles. The van der Waals surface area contributed by atoms with Crippen LogP contribution in [0, 0.1) is 0 Å². The molecular weight excluding hydrogens is 168 g/mol. The number of hydrogen-bond acceptors (Lipinski definition) is 3. The van der Waals surface area contributed by atoms with Crippen molar-refractivity contribution in [3.05, 3.63) is 0 Å². The minimum atomic E-state index is -0.324. The Morgan fingerprint density at radius 2 is 2.31 bits per heavy atom. The molecule has 1 aliphatic heterocycles. The zero-order valence-electron chi connectivity index (χ0n) is 8.54. The van der Waals surface area contributed by atoms with Gasteiger partial charge in [0.05, 0.1) is 7.11 Å². The first kappa shape index (κ1) is 10.3. The van der Waals surface area contributed by atoms with Crippen LogP contribution in [0.25, 0.3) is 0 Å². The van der Waals surface area contributed by atoms with Crippen LogP contribution in [0.1, 0.15) is 20.3 Å². The molecule has 0 aromatic carbocycles. The van der Waals surface area contributed by atoms with Gasteiger partial charge in [0, 0.05) is 25.2 Å². The Labute approximate surface area is 79.2 Å². The molecule has 4 nitrogen and oxygen atoms in total. The summed E-state index contributed by atoms with van der Waals surface area (Å²) >= 11 is 0. The number of ether oxygens (including phenoxy) is 1. The van der Waals surface area contributed by atoms with Crippen molar-refractivity contribution in [2.24, 2.45) is 0 Å². The van der Waals surface area contributed by atoms with Crippen molar-refractivity contribution >= 4 is 6.09 Å². The second kappa shape index (κ2) is 4.46. The van der Waals surface area contributed by atoms with Crippen LogP contribution in [0.4, 0.5) is 4.79 Å². The number of nitrogens with one attached hydrogen (secondary N) is 1. The molecular formula is C9H18N2O2. The number of methoxy groups -OCH3 is 1. The topological polar surface area (TPSA) is 41.6 Å². The molecule has 76 valence electrons. The van der Waals surface area contributed by atoms with Crippen LogP contribution in [0.2, 0.25) is 0 Å². The monoisotopic (exact) mass is 186 g/mol. The van der Waals surface area contributed by atoms with E-state index in [1.807, 2.05) is 0 Å². The maximum Gasteiger partial charge on any atom is 0.407 e. The lowest BCUT2D eigenvalue weighted by molar-refractivity contribution is 0.166. The molecule has 0 saturated carbocycles. The van der Waals surface area contributed by atoms with E-state index in [9.17, 15) is 4.79 Å². The Morgan fingerprint density at radius 3 is 2.77 bits per heavy atom. The quantitative estimate of drug-likeness (QED) is 0.694. The Morgan fingerprint density at radius 1 is 1.62 bits per heavy atom. The van der Waals surface area contributed by atoms with Crippen molar-refractivity contribution in [2.75, 3.05) is 20.2 Å². The summed E-state index contributed by atoms with van der Waals surface area (Å²) in [7, 11) is 1.39. The van der Waals surface area contributed by atoms with E-state index in [0.717, 1.165) is 19.5 Å². The van der Waals surface area contributed by atoms with Crippen LogP contribution < -0.4 is 5.32 Å². The molecule has 1 amide bonds. The maximum atomic E-state index is 10.9. The van der Waals surface area contributed by atoms with E-state index in [0.29, 0.717) is 6.04 Å². The maximum absolute atomic E-state index is 10.9. The van der Waals surface area contributed by atoms with Crippen LogP contribution >= 0.6 is 0 Å². The molecule has 0 aromatic heterocycles. The molecule has 1 heterocycles. The number of carbonyl (C=O) groups is 1. The first-order valence-electron chi connectivity index (χ1n) is 4.72. The molecule has 0 unspecified atom stereocenters. The van der Waals surface area contributed by atoms with Crippen molar-refractivity contribution in [2.45, 2.75) is 32.4 Å². The smallest absolute Gasteiger partial charge is 0.407 e. The fourth-order valence-corrected chi connectivity index (χ4v) is 1.60. The number of nitrogens with zero attached hydrogens (tertiary/aromatic N) is 1. The predicted octanol–water partition coefficient (Wildman–Crippen LogP) is 0.825. The fourth-order valence-electron chi connectivity index (χ4n) is 1.60. The van der Waals surface area contributed by atoms with Gasteiger partial charge in [0.1, 0.15) is 0 Å². The number of rotatable bonds is 2. The van der Waals surface area contributed by atoms with Gasteiger partial charge in [-0.1, -0.05) is 0 Å². The van der Waals surface area contributed by atoms with Crippen molar-refractivity contribution < 1.29 is 9.53 Å². The summed E-state index contributed by atoms with van der Waals surface area (Å²) in [5, 5.41) is 2.81. The summed E-state index contributed by atoms with van der Waals surface area (Å²) in [6, 6.07) is 0.819. The summed E-state index contributed by atoms with van der Waals surface area (Å²) in [4.78, 5) is 13.2. The average molecular weight is 186 g/mol. The van der Waals surface area contributed by atoms with E-state index in [-0.39, 0.29) is 12.1 Å². The van der Waals surface area contributed by atoms with Crippen LogP contribution in [0.3, 0.4) is 0 Å². The highest BCUT2D eigenvalue weighted by Gasteiger charge is 2.25. The highest BCUT2D eigenvalue weighted by atomic mass is 16.5. The highest BCUT2D eigenvalue weighted by molar-refractivity contribution is 5.67. The summed E-state index contributed by atoms with van der Waals surface area (Å²) in [6.07, 6.45) is 0.698. The number of alkyl carbamates (subject to hydrolysis) is 1. The molecule has 1 fully saturated rings. The molecule has 0 aliphatic carbocycles. The minimum absolute atomic E-state index is 0.259. The second-order valence-electron chi connectivity index (χ2n) is 3.71. The number of hydrogen-bond donors (Lipinski definition) is 1. The number of carbonyl (C=O) groups excluding carboxylic acids is 1. The van der Waals surface area contributed by atoms with Gasteiger partial charge in [-0.3, -0.25) is 4.90 Å². The van der Waals surface area contributed by atoms with E-state index in [2.05, 4.69) is 28.8 Å². The van der Waals surface area contributed by atoms with Crippen LogP contribution in [-0.4, -0.2) is 43.3 Å². The van der Waals surface area contributed by atoms with E-state index in [1.54, 1.807) is 0 Å². The largest absolute Gasteiger partial charge is 0.453 e. The van der Waals surface area contributed by atoms with Gasteiger partial charge in [0.15, 0.2) is 0 Å². The standard InChI is InChI=1S/C9H18N2O2/c1-7(2)11-5-4-8(6-11)10-9(12)13-3/h7-8H,4-6H2,1-3H3,(H,10,12)/t8-/m1/s1. The van der Waals surface area contributed by atoms with E-state index < -0.39 is 0 Å². The fraction of sp³-hybridized carbons (Fsp3) is 0.889. The van der Waals surface area contributed by atoms with Crippen molar-refractivity contribution in [3.63, 3.8) is 0 Å². The lowest BCUT2D eigenvalue weighted by atomic mass is 10.3. The molecule has 1 rings (SSSR count). The van der Waals surface area contributed by atoms with Gasteiger partial charge in [-0.15, -0.1) is 0 Å². The average Bonchev–Trinajstić information content (AvgIpc) is 2.52. The van der Waals surface area contributed by atoms with Crippen molar-refractivity contribution in [1.82, 2.24) is 10.2 Å². The molecule has 1 aliphatic rings. The predicted molar refractivity (Wildman–Crippen MR) is 50.7 cm³/mol. The lowest BCUT2D eigenvalue weighted by Crippen LogP contribution is -2.38. The Balaban J connectivity index is 2.29. The zero-order chi connectivity index (χ0) is 9.84. The van der Waals surface area contributed by atoms with Crippen LogP contribution in [0.5, 0.6) is 0 Å². The van der Waals surface area contributed by atoms with E-state index >= 15 is 0 Å². The molecule has 13 heavy (non-hydrogen) atoms. The number of amides is 1. The molecule has 0 aromatic rings. The van der Waals surface area contributed by atoms with Gasteiger partial charge in [0.2, 0.25) is 0 Å². The third-order valence-electron chi connectivity index (χ3n) is 2.46. The van der Waals surface area contributed by atoms with Gasteiger partial charge < -0.3 is 10.1 Å². The Kier molecular flexibility index (Phi) is 3.54. The molecule has 0 bridgehead atoms.